The van der Waals surface area contributed by atoms with Crippen LogP contribution in [0.5, 0.6) is 0 Å². The number of aliphatic hydroxyl groups is 1. The van der Waals surface area contributed by atoms with Gasteiger partial charge in [0, 0.05) is 24.8 Å². The first-order valence-corrected chi connectivity index (χ1v) is 9.72. The number of hydrogen-bond donors (Lipinski definition) is 1. The molecule has 0 spiro atoms. The molecule has 0 saturated carbocycles. The quantitative estimate of drug-likeness (QED) is 0.535. The van der Waals surface area contributed by atoms with E-state index in [0.717, 1.165) is 6.42 Å². The summed E-state index contributed by atoms with van der Waals surface area (Å²) in [6.45, 7) is 4.13. The van der Waals surface area contributed by atoms with Crippen molar-refractivity contribution in [1.82, 2.24) is 9.97 Å². The largest absolute Gasteiger partial charge is 0.393 e. The molecular weight excluding hydrogens is 308 g/mol. The van der Waals surface area contributed by atoms with Gasteiger partial charge in [0.05, 0.1) is 6.10 Å². The summed E-state index contributed by atoms with van der Waals surface area (Å²) in [4.78, 5) is 7.91. The molecule has 3 heteroatoms. The lowest BCUT2D eigenvalue weighted by atomic mass is 10.1. The molecule has 0 radical (unpaired) electrons. The van der Waals surface area contributed by atoms with Crippen molar-refractivity contribution >= 4 is 0 Å². The third-order valence-electron chi connectivity index (χ3n) is 4.17. The van der Waals surface area contributed by atoms with Crippen molar-refractivity contribution in [2.75, 3.05) is 0 Å². The SMILES string of the molecule is CCCCCCCCCCC(C)O.c1cc(-c2ccncc2)ccn1. The molecule has 0 aromatic carbocycles. The summed E-state index contributed by atoms with van der Waals surface area (Å²) in [6, 6.07) is 7.93. The highest BCUT2D eigenvalue weighted by Gasteiger charge is 1.95. The molecule has 2 aromatic rings. The first-order chi connectivity index (χ1) is 12.2. The Kier molecular flexibility index (Phi) is 12.4. The van der Waals surface area contributed by atoms with Crippen molar-refractivity contribution in [2.45, 2.75) is 77.7 Å². The van der Waals surface area contributed by atoms with Crippen LogP contribution in [0.3, 0.4) is 0 Å². The van der Waals surface area contributed by atoms with E-state index in [-0.39, 0.29) is 6.10 Å². The number of aromatic nitrogens is 2. The van der Waals surface area contributed by atoms with Gasteiger partial charge >= 0.3 is 0 Å². The standard InChI is InChI=1S/C12H26O.C10H8N2/c1-3-4-5-6-7-8-9-10-11-12(2)13;1-5-11-6-2-9(1)10-3-7-12-8-4-10/h12-13H,3-11H2,1-2H3;1-8H. The van der Waals surface area contributed by atoms with Crippen LogP contribution < -0.4 is 0 Å². The summed E-state index contributed by atoms with van der Waals surface area (Å²) in [7, 11) is 0. The molecule has 0 aliphatic rings. The molecule has 2 heterocycles. The molecular formula is C22H34N2O. The van der Waals surface area contributed by atoms with Gasteiger partial charge in [-0.1, -0.05) is 58.3 Å². The minimum atomic E-state index is -0.0971. The fraction of sp³-hybridized carbons (Fsp3) is 0.545. The van der Waals surface area contributed by atoms with Gasteiger partial charge in [0.2, 0.25) is 0 Å². The van der Waals surface area contributed by atoms with Gasteiger partial charge in [-0.15, -0.1) is 0 Å². The Morgan fingerprint density at radius 2 is 1.12 bits per heavy atom. The number of hydrogen-bond acceptors (Lipinski definition) is 3. The van der Waals surface area contributed by atoms with E-state index in [0.29, 0.717) is 0 Å². The summed E-state index contributed by atoms with van der Waals surface area (Å²) in [6.07, 6.45) is 18.8. The minimum absolute atomic E-state index is 0.0971. The van der Waals surface area contributed by atoms with Crippen LogP contribution in [0.2, 0.25) is 0 Å². The Balaban J connectivity index is 0.000000250. The zero-order chi connectivity index (χ0) is 18.2. The Hall–Kier alpha value is -1.74. The van der Waals surface area contributed by atoms with Crippen molar-refractivity contribution in [3.63, 3.8) is 0 Å². The lowest BCUT2D eigenvalue weighted by Crippen LogP contribution is -1.98. The number of aliphatic hydroxyl groups excluding tert-OH is 1. The lowest BCUT2D eigenvalue weighted by molar-refractivity contribution is 0.180. The first-order valence-electron chi connectivity index (χ1n) is 9.72. The maximum absolute atomic E-state index is 9.03. The molecule has 0 aliphatic heterocycles. The second-order valence-corrected chi connectivity index (χ2v) is 6.58. The fourth-order valence-corrected chi connectivity index (χ4v) is 2.66. The summed E-state index contributed by atoms with van der Waals surface area (Å²) < 4.78 is 0. The van der Waals surface area contributed by atoms with Crippen LogP contribution in [0.4, 0.5) is 0 Å². The molecule has 2 rings (SSSR count). The molecule has 138 valence electrons. The highest BCUT2D eigenvalue weighted by Crippen LogP contribution is 2.15. The molecule has 0 aliphatic carbocycles. The Morgan fingerprint density at radius 3 is 1.52 bits per heavy atom. The second kappa shape index (κ2) is 14.6. The summed E-state index contributed by atoms with van der Waals surface area (Å²) >= 11 is 0. The lowest BCUT2D eigenvalue weighted by Gasteiger charge is -2.03. The van der Waals surface area contributed by atoms with Gasteiger partial charge in [0.15, 0.2) is 0 Å². The average molecular weight is 343 g/mol. The highest BCUT2D eigenvalue weighted by molar-refractivity contribution is 5.61. The smallest absolute Gasteiger partial charge is 0.0512 e. The topological polar surface area (TPSA) is 46.0 Å². The molecule has 0 amide bonds. The van der Waals surface area contributed by atoms with E-state index in [9.17, 15) is 0 Å². The molecule has 1 unspecified atom stereocenters. The number of rotatable bonds is 10. The van der Waals surface area contributed by atoms with E-state index in [4.69, 9.17) is 5.11 Å². The van der Waals surface area contributed by atoms with E-state index < -0.39 is 0 Å². The Labute approximate surface area is 153 Å². The van der Waals surface area contributed by atoms with Gasteiger partial charge < -0.3 is 5.11 Å². The summed E-state index contributed by atoms with van der Waals surface area (Å²) in [5.74, 6) is 0. The van der Waals surface area contributed by atoms with Gasteiger partial charge in [0.1, 0.15) is 0 Å². The van der Waals surface area contributed by atoms with Gasteiger partial charge in [-0.3, -0.25) is 9.97 Å². The van der Waals surface area contributed by atoms with Crippen molar-refractivity contribution in [3.8, 4) is 11.1 Å². The van der Waals surface area contributed by atoms with Gasteiger partial charge in [0.25, 0.3) is 0 Å². The normalized spacial score (nSPS) is 11.5. The van der Waals surface area contributed by atoms with E-state index in [2.05, 4.69) is 16.9 Å². The van der Waals surface area contributed by atoms with Crippen LogP contribution in [0.1, 0.15) is 71.6 Å². The molecule has 3 nitrogen and oxygen atoms in total. The Bertz CT molecular complexity index is 477. The predicted octanol–water partition coefficient (Wildman–Crippen LogP) is 6.04. The van der Waals surface area contributed by atoms with Gasteiger partial charge in [-0.25, -0.2) is 0 Å². The first kappa shape index (κ1) is 21.3. The van der Waals surface area contributed by atoms with Crippen molar-refractivity contribution in [1.29, 1.82) is 0 Å². The van der Waals surface area contributed by atoms with E-state index >= 15 is 0 Å². The van der Waals surface area contributed by atoms with Crippen LogP contribution in [-0.2, 0) is 0 Å². The van der Waals surface area contributed by atoms with Crippen LogP contribution in [0.25, 0.3) is 11.1 Å². The number of nitrogens with zero attached hydrogens (tertiary/aromatic N) is 2. The zero-order valence-electron chi connectivity index (χ0n) is 15.9. The maximum atomic E-state index is 9.03. The third kappa shape index (κ3) is 11.4. The van der Waals surface area contributed by atoms with Crippen LogP contribution >= 0.6 is 0 Å². The highest BCUT2D eigenvalue weighted by atomic mass is 16.3. The fourth-order valence-electron chi connectivity index (χ4n) is 2.66. The van der Waals surface area contributed by atoms with E-state index in [1.807, 2.05) is 31.2 Å². The monoisotopic (exact) mass is 342 g/mol. The molecule has 0 fully saturated rings. The molecule has 1 atom stereocenters. The summed E-state index contributed by atoms with van der Waals surface area (Å²) in [5.41, 5.74) is 2.35. The molecule has 0 saturated heterocycles. The van der Waals surface area contributed by atoms with Gasteiger partial charge in [-0.05, 0) is 48.7 Å². The zero-order valence-corrected chi connectivity index (χ0v) is 15.9. The average Bonchev–Trinajstić information content (AvgIpc) is 2.66. The van der Waals surface area contributed by atoms with Crippen LogP contribution in [0, 0.1) is 0 Å². The molecule has 25 heavy (non-hydrogen) atoms. The van der Waals surface area contributed by atoms with Crippen LogP contribution in [-0.4, -0.2) is 21.2 Å². The number of unbranched alkanes of at least 4 members (excludes halogenated alkanes) is 7. The Morgan fingerprint density at radius 1 is 0.720 bits per heavy atom. The molecule has 1 N–H and O–H groups in total. The summed E-state index contributed by atoms with van der Waals surface area (Å²) in [5, 5.41) is 9.03. The van der Waals surface area contributed by atoms with E-state index in [1.54, 1.807) is 24.8 Å². The van der Waals surface area contributed by atoms with Crippen molar-refractivity contribution in [3.05, 3.63) is 49.1 Å². The number of pyridine rings is 2. The van der Waals surface area contributed by atoms with Gasteiger partial charge in [-0.2, -0.15) is 0 Å². The molecule has 2 aromatic heterocycles. The maximum Gasteiger partial charge on any atom is 0.0512 e. The van der Waals surface area contributed by atoms with Crippen molar-refractivity contribution in [2.24, 2.45) is 0 Å². The third-order valence-corrected chi connectivity index (χ3v) is 4.17. The second-order valence-electron chi connectivity index (χ2n) is 6.58. The van der Waals surface area contributed by atoms with Crippen LogP contribution in [0.15, 0.2) is 49.1 Å². The van der Waals surface area contributed by atoms with E-state index in [1.165, 1.54) is 62.5 Å². The van der Waals surface area contributed by atoms with Crippen molar-refractivity contribution < 1.29 is 5.11 Å². The molecule has 0 bridgehead atoms. The minimum Gasteiger partial charge on any atom is -0.393 e. The predicted molar refractivity (Wildman–Crippen MR) is 106 cm³/mol.